The Morgan fingerprint density at radius 3 is 2.68 bits per heavy atom. The summed E-state index contributed by atoms with van der Waals surface area (Å²) in [5.74, 6) is 0.862. The molecule has 4 rings (SSSR count). The van der Waals surface area contributed by atoms with Gasteiger partial charge in [0, 0.05) is 17.8 Å². The van der Waals surface area contributed by atoms with E-state index in [-0.39, 0.29) is 0 Å². The van der Waals surface area contributed by atoms with Crippen LogP contribution in [0, 0.1) is 0 Å². The molecule has 0 aliphatic rings. The second-order valence-electron chi connectivity index (χ2n) is 5.88. The maximum Gasteiger partial charge on any atom is 0.118 e. The highest BCUT2D eigenvalue weighted by Crippen LogP contribution is 2.29. The summed E-state index contributed by atoms with van der Waals surface area (Å²) in [6.45, 7) is 0.746. The Balaban J connectivity index is 1.57. The molecule has 25 heavy (non-hydrogen) atoms. The van der Waals surface area contributed by atoms with Gasteiger partial charge < -0.3 is 15.0 Å². The molecule has 0 atom stereocenters. The van der Waals surface area contributed by atoms with Crippen molar-refractivity contribution in [2.45, 2.75) is 6.54 Å². The van der Waals surface area contributed by atoms with E-state index in [1.807, 2.05) is 18.2 Å². The van der Waals surface area contributed by atoms with Gasteiger partial charge in [-0.15, -0.1) is 0 Å². The fourth-order valence-electron chi connectivity index (χ4n) is 2.94. The molecule has 0 amide bonds. The van der Waals surface area contributed by atoms with E-state index >= 15 is 0 Å². The van der Waals surface area contributed by atoms with Crippen LogP contribution in [0.4, 0.5) is 5.69 Å². The van der Waals surface area contributed by atoms with Crippen molar-refractivity contribution < 1.29 is 4.74 Å². The third-order valence-corrected chi connectivity index (χ3v) is 4.30. The third-order valence-electron chi connectivity index (χ3n) is 4.30. The van der Waals surface area contributed by atoms with Crippen LogP contribution in [0.15, 0.2) is 73.1 Å². The van der Waals surface area contributed by atoms with Crippen molar-refractivity contribution in [3.63, 3.8) is 0 Å². The van der Waals surface area contributed by atoms with Gasteiger partial charge in [0.1, 0.15) is 5.75 Å². The summed E-state index contributed by atoms with van der Waals surface area (Å²) < 4.78 is 5.24. The van der Waals surface area contributed by atoms with Crippen LogP contribution in [0.25, 0.3) is 22.2 Å². The molecule has 0 aliphatic heterocycles. The van der Waals surface area contributed by atoms with Gasteiger partial charge in [0.05, 0.1) is 24.5 Å². The molecule has 0 bridgehead atoms. The molecular weight excluding hydrogens is 310 g/mol. The molecular formula is C21H19N3O. The third kappa shape index (κ3) is 3.19. The number of benzene rings is 3. The van der Waals surface area contributed by atoms with Gasteiger partial charge in [0.15, 0.2) is 0 Å². The van der Waals surface area contributed by atoms with Crippen LogP contribution >= 0.6 is 0 Å². The molecule has 0 saturated heterocycles. The van der Waals surface area contributed by atoms with E-state index < -0.39 is 0 Å². The highest BCUT2D eigenvalue weighted by atomic mass is 16.5. The number of para-hydroxylation sites is 1. The van der Waals surface area contributed by atoms with E-state index in [2.05, 4.69) is 63.8 Å². The lowest BCUT2D eigenvalue weighted by molar-refractivity contribution is 0.415. The molecule has 0 spiro atoms. The summed E-state index contributed by atoms with van der Waals surface area (Å²) >= 11 is 0. The number of fused-ring (bicyclic) bond motifs is 1. The van der Waals surface area contributed by atoms with Crippen molar-refractivity contribution in [3.8, 4) is 16.9 Å². The van der Waals surface area contributed by atoms with Crippen molar-refractivity contribution >= 4 is 16.7 Å². The van der Waals surface area contributed by atoms with Crippen LogP contribution in [0.2, 0.25) is 0 Å². The average Bonchev–Trinajstić information content (AvgIpc) is 3.14. The molecule has 4 nitrogen and oxygen atoms in total. The number of nitrogens with zero attached hydrogens (tertiary/aromatic N) is 1. The Morgan fingerprint density at radius 1 is 1.00 bits per heavy atom. The minimum absolute atomic E-state index is 0.746. The molecule has 4 heteroatoms. The summed E-state index contributed by atoms with van der Waals surface area (Å²) in [5, 5.41) is 3.54. The van der Waals surface area contributed by atoms with Crippen LogP contribution in [0.5, 0.6) is 5.75 Å². The molecule has 1 heterocycles. The Hall–Kier alpha value is -3.27. The molecule has 0 fully saturated rings. The van der Waals surface area contributed by atoms with Crippen molar-refractivity contribution in [2.24, 2.45) is 0 Å². The summed E-state index contributed by atoms with van der Waals surface area (Å²) in [6.07, 6.45) is 1.72. The zero-order valence-corrected chi connectivity index (χ0v) is 14.0. The van der Waals surface area contributed by atoms with Crippen LogP contribution in [0.1, 0.15) is 5.56 Å². The van der Waals surface area contributed by atoms with Crippen molar-refractivity contribution in [3.05, 3.63) is 78.6 Å². The van der Waals surface area contributed by atoms with Gasteiger partial charge in [-0.1, -0.05) is 36.4 Å². The Morgan fingerprint density at radius 2 is 1.84 bits per heavy atom. The largest absolute Gasteiger partial charge is 0.497 e. The highest BCUT2D eigenvalue weighted by Gasteiger charge is 2.05. The van der Waals surface area contributed by atoms with Crippen molar-refractivity contribution in [1.29, 1.82) is 0 Å². The second-order valence-corrected chi connectivity index (χ2v) is 5.88. The molecule has 0 aliphatic carbocycles. The topological polar surface area (TPSA) is 49.9 Å². The molecule has 0 unspecified atom stereocenters. The molecule has 0 saturated carbocycles. The van der Waals surface area contributed by atoms with Gasteiger partial charge in [-0.2, -0.15) is 0 Å². The summed E-state index contributed by atoms with van der Waals surface area (Å²) in [4.78, 5) is 7.44. The monoisotopic (exact) mass is 329 g/mol. The normalized spacial score (nSPS) is 10.8. The van der Waals surface area contributed by atoms with Crippen molar-refractivity contribution in [2.75, 3.05) is 12.4 Å². The number of aromatic nitrogens is 2. The zero-order valence-electron chi connectivity index (χ0n) is 14.0. The van der Waals surface area contributed by atoms with Gasteiger partial charge in [-0.05, 0) is 41.5 Å². The molecule has 1 aromatic heterocycles. The first-order valence-electron chi connectivity index (χ1n) is 8.23. The Kier molecular flexibility index (Phi) is 4.09. The first-order chi connectivity index (χ1) is 12.3. The van der Waals surface area contributed by atoms with E-state index in [4.69, 9.17) is 4.74 Å². The summed E-state index contributed by atoms with van der Waals surface area (Å²) in [7, 11) is 1.68. The lowest BCUT2D eigenvalue weighted by Gasteiger charge is -2.13. The van der Waals surface area contributed by atoms with Crippen molar-refractivity contribution in [1.82, 2.24) is 9.97 Å². The SMILES string of the molecule is COc1ccc(-c2ccccc2NCc2ccc3[nH]cnc3c2)cc1. The fourth-order valence-corrected chi connectivity index (χ4v) is 2.94. The Bertz CT molecular complexity index is 989. The van der Waals surface area contributed by atoms with Gasteiger partial charge in [-0.25, -0.2) is 4.98 Å². The van der Waals surface area contributed by atoms with Gasteiger partial charge in [0.2, 0.25) is 0 Å². The predicted octanol–water partition coefficient (Wildman–Crippen LogP) is 4.85. The van der Waals surface area contributed by atoms with Crippen LogP contribution in [0.3, 0.4) is 0 Å². The lowest BCUT2D eigenvalue weighted by Crippen LogP contribution is -2.01. The van der Waals surface area contributed by atoms with Gasteiger partial charge in [-0.3, -0.25) is 0 Å². The number of anilines is 1. The summed E-state index contributed by atoms with van der Waals surface area (Å²) in [5.41, 5.74) is 6.68. The van der Waals surface area contributed by atoms with E-state index in [1.54, 1.807) is 13.4 Å². The number of rotatable bonds is 5. The molecule has 124 valence electrons. The molecule has 3 aromatic carbocycles. The Labute approximate surface area is 146 Å². The number of ether oxygens (including phenoxy) is 1. The number of imidazole rings is 1. The van der Waals surface area contributed by atoms with Gasteiger partial charge in [0.25, 0.3) is 0 Å². The van der Waals surface area contributed by atoms with Crippen LogP contribution < -0.4 is 10.1 Å². The van der Waals surface area contributed by atoms with E-state index in [0.717, 1.165) is 34.6 Å². The van der Waals surface area contributed by atoms with E-state index in [1.165, 1.54) is 11.1 Å². The number of hydrogen-bond acceptors (Lipinski definition) is 3. The maximum absolute atomic E-state index is 5.24. The minimum atomic E-state index is 0.746. The average molecular weight is 329 g/mol. The number of nitrogens with one attached hydrogen (secondary N) is 2. The first kappa shape index (κ1) is 15.3. The molecule has 0 radical (unpaired) electrons. The second kappa shape index (κ2) is 6.69. The smallest absolute Gasteiger partial charge is 0.118 e. The van der Waals surface area contributed by atoms with Crippen LogP contribution in [-0.4, -0.2) is 17.1 Å². The highest BCUT2D eigenvalue weighted by molar-refractivity contribution is 5.78. The maximum atomic E-state index is 5.24. The number of H-pyrrole nitrogens is 1. The molecule has 2 N–H and O–H groups in total. The molecule has 4 aromatic rings. The summed E-state index contributed by atoms with van der Waals surface area (Å²) in [6, 6.07) is 22.7. The predicted molar refractivity (Wildman–Crippen MR) is 102 cm³/mol. The standard InChI is InChI=1S/C21H19N3O/c1-25-17-9-7-16(8-10-17)18-4-2-3-5-19(18)22-13-15-6-11-20-21(12-15)24-14-23-20/h2-12,14,22H,13H2,1H3,(H,23,24). The first-order valence-corrected chi connectivity index (χ1v) is 8.23. The number of methoxy groups -OCH3 is 1. The quantitative estimate of drug-likeness (QED) is 0.550. The minimum Gasteiger partial charge on any atom is -0.497 e. The number of aromatic amines is 1. The lowest BCUT2D eigenvalue weighted by atomic mass is 10.0. The van der Waals surface area contributed by atoms with E-state index in [0.29, 0.717) is 0 Å². The fraction of sp³-hybridized carbons (Fsp3) is 0.0952. The van der Waals surface area contributed by atoms with E-state index in [9.17, 15) is 0 Å². The zero-order chi connectivity index (χ0) is 17.1. The van der Waals surface area contributed by atoms with Gasteiger partial charge >= 0.3 is 0 Å². The van der Waals surface area contributed by atoms with Crippen LogP contribution in [-0.2, 0) is 6.54 Å². The number of hydrogen-bond donors (Lipinski definition) is 2.